The van der Waals surface area contributed by atoms with E-state index in [2.05, 4.69) is 5.48 Å². The number of allylic oxidation sites excluding steroid dienone is 1. The lowest BCUT2D eigenvalue weighted by atomic mass is 10.1. The number of nitrogens with one attached hydrogen (secondary N) is 1. The van der Waals surface area contributed by atoms with Crippen LogP contribution in [0.15, 0.2) is 35.5 Å². The molecule has 1 heterocycles. The number of carbonyl (C=O) groups is 1. The van der Waals surface area contributed by atoms with Gasteiger partial charge < -0.3 is 0 Å². The fourth-order valence-electron chi connectivity index (χ4n) is 2.13. The second-order valence-corrected chi connectivity index (χ2v) is 3.82. The van der Waals surface area contributed by atoms with Gasteiger partial charge in [0.1, 0.15) is 0 Å². The fraction of sp³-hybridized carbons (Fsp3) is 0.250. The number of fused-ring (bicyclic) bond motifs is 1. The van der Waals surface area contributed by atoms with Crippen LogP contribution in [0.2, 0.25) is 0 Å². The molecular weight excluding hydrogens is 190 g/mol. The maximum absolute atomic E-state index is 12.0. The molecule has 15 heavy (non-hydrogen) atoms. The van der Waals surface area contributed by atoms with E-state index in [4.69, 9.17) is 4.84 Å². The lowest BCUT2D eigenvalue weighted by Gasteiger charge is -2.00. The normalized spacial score (nSPS) is 24.1. The molecule has 3 heteroatoms. The van der Waals surface area contributed by atoms with Crippen LogP contribution in [0.25, 0.3) is 0 Å². The smallest absolute Gasteiger partial charge is 0.191 e. The van der Waals surface area contributed by atoms with Gasteiger partial charge in [-0.1, -0.05) is 24.3 Å². The molecule has 1 fully saturated rings. The molecule has 1 saturated heterocycles. The molecule has 1 aromatic rings. The van der Waals surface area contributed by atoms with Crippen molar-refractivity contribution in [3.8, 4) is 0 Å². The SMILES string of the molecule is O=C1/C(=C2/CCON2)Cc2ccccc21. The van der Waals surface area contributed by atoms with Gasteiger partial charge in [0.2, 0.25) is 0 Å². The number of hydroxylamine groups is 1. The van der Waals surface area contributed by atoms with Crippen molar-refractivity contribution in [3.05, 3.63) is 46.7 Å². The van der Waals surface area contributed by atoms with Gasteiger partial charge in [-0.15, -0.1) is 0 Å². The highest BCUT2D eigenvalue weighted by molar-refractivity contribution is 6.13. The van der Waals surface area contributed by atoms with Crippen molar-refractivity contribution in [2.75, 3.05) is 6.61 Å². The van der Waals surface area contributed by atoms with Crippen molar-refractivity contribution in [2.45, 2.75) is 12.8 Å². The molecule has 76 valence electrons. The van der Waals surface area contributed by atoms with Crippen LogP contribution in [0.3, 0.4) is 0 Å². The third kappa shape index (κ3) is 1.27. The molecule has 1 aromatic carbocycles. The predicted molar refractivity (Wildman–Crippen MR) is 55.2 cm³/mol. The molecule has 0 spiro atoms. The number of ketones is 1. The first kappa shape index (κ1) is 8.68. The van der Waals surface area contributed by atoms with E-state index < -0.39 is 0 Å². The molecular formula is C12H11NO2. The van der Waals surface area contributed by atoms with Crippen molar-refractivity contribution in [3.63, 3.8) is 0 Å². The van der Waals surface area contributed by atoms with Crippen LogP contribution in [-0.4, -0.2) is 12.4 Å². The number of hydrogen-bond acceptors (Lipinski definition) is 3. The standard InChI is InChI=1S/C12H11NO2/c14-12-9-4-2-1-3-8(9)7-10(12)11-5-6-15-13-11/h1-4,13H,5-7H2/b11-10-. The summed E-state index contributed by atoms with van der Waals surface area (Å²) in [4.78, 5) is 17.1. The van der Waals surface area contributed by atoms with Gasteiger partial charge in [0.15, 0.2) is 5.78 Å². The molecule has 3 nitrogen and oxygen atoms in total. The molecule has 0 saturated carbocycles. The topological polar surface area (TPSA) is 38.3 Å². The molecule has 0 unspecified atom stereocenters. The first-order valence-electron chi connectivity index (χ1n) is 5.08. The Morgan fingerprint density at radius 1 is 1.27 bits per heavy atom. The lowest BCUT2D eigenvalue weighted by molar-refractivity contribution is 0.102. The van der Waals surface area contributed by atoms with E-state index in [-0.39, 0.29) is 5.78 Å². The van der Waals surface area contributed by atoms with Crippen LogP contribution in [0.4, 0.5) is 0 Å². The van der Waals surface area contributed by atoms with Crippen LogP contribution in [0, 0.1) is 0 Å². The molecule has 0 radical (unpaired) electrons. The Morgan fingerprint density at radius 2 is 2.13 bits per heavy atom. The van der Waals surface area contributed by atoms with Gasteiger partial charge in [0, 0.05) is 29.7 Å². The van der Waals surface area contributed by atoms with Crippen LogP contribution >= 0.6 is 0 Å². The highest BCUT2D eigenvalue weighted by Crippen LogP contribution is 2.29. The first-order valence-corrected chi connectivity index (χ1v) is 5.08. The zero-order chi connectivity index (χ0) is 10.3. The van der Waals surface area contributed by atoms with E-state index >= 15 is 0 Å². The van der Waals surface area contributed by atoms with E-state index in [1.807, 2.05) is 24.3 Å². The van der Waals surface area contributed by atoms with E-state index in [0.717, 1.165) is 35.2 Å². The molecule has 1 N–H and O–H groups in total. The van der Waals surface area contributed by atoms with E-state index in [9.17, 15) is 4.79 Å². The average molecular weight is 201 g/mol. The van der Waals surface area contributed by atoms with Gasteiger partial charge in [0.25, 0.3) is 0 Å². The number of benzene rings is 1. The molecule has 0 bridgehead atoms. The molecule has 1 aliphatic carbocycles. The van der Waals surface area contributed by atoms with Crippen molar-refractivity contribution < 1.29 is 9.63 Å². The summed E-state index contributed by atoms with van der Waals surface area (Å²) in [7, 11) is 0. The monoisotopic (exact) mass is 201 g/mol. The summed E-state index contributed by atoms with van der Waals surface area (Å²) in [6.07, 6.45) is 1.55. The Labute approximate surface area is 87.7 Å². The van der Waals surface area contributed by atoms with E-state index in [1.54, 1.807) is 0 Å². The minimum absolute atomic E-state index is 0.151. The summed E-state index contributed by atoms with van der Waals surface area (Å²) >= 11 is 0. The maximum atomic E-state index is 12.0. The van der Waals surface area contributed by atoms with Crippen molar-refractivity contribution in [1.29, 1.82) is 0 Å². The third-order valence-electron chi connectivity index (χ3n) is 2.92. The van der Waals surface area contributed by atoms with Gasteiger partial charge in [-0.05, 0) is 5.56 Å². The molecule has 0 aromatic heterocycles. The minimum atomic E-state index is 0.151. The van der Waals surface area contributed by atoms with Crippen LogP contribution in [-0.2, 0) is 11.3 Å². The Bertz CT molecular complexity index is 454. The zero-order valence-electron chi connectivity index (χ0n) is 8.25. The summed E-state index contributed by atoms with van der Waals surface area (Å²) in [5.41, 5.74) is 6.61. The number of Topliss-reactive ketones (excluding diaryl/α,β-unsaturated/α-hetero) is 1. The van der Waals surface area contributed by atoms with Gasteiger partial charge in [-0.2, -0.15) is 0 Å². The van der Waals surface area contributed by atoms with Gasteiger partial charge in [-0.3, -0.25) is 15.1 Å². The number of carbonyl (C=O) groups excluding carboxylic acids is 1. The van der Waals surface area contributed by atoms with Gasteiger partial charge in [-0.25, -0.2) is 0 Å². The van der Waals surface area contributed by atoms with Crippen molar-refractivity contribution in [1.82, 2.24) is 5.48 Å². The molecule has 2 aliphatic rings. The summed E-state index contributed by atoms with van der Waals surface area (Å²) < 4.78 is 0. The second kappa shape index (κ2) is 3.21. The maximum Gasteiger partial charge on any atom is 0.191 e. The molecule has 3 rings (SSSR count). The first-order chi connectivity index (χ1) is 7.36. The van der Waals surface area contributed by atoms with Crippen molar-refractivity contribution >= 4 is 5.78 Å². The predicted octanol–water partition coefficient (Wildman–Crippen LogP) is 1.60. The summed E-state index contributed by atoms with van der Waals surface area (Å²) in [6.45, 7) is 0.655. The Kier molecular flexibility index (Phi) is 1.86. The molecule has 0 amide bonds. The average Bonchev–Trinajstić information content (AvgIpc) is 2.87. The summed E-state index contributed by atoms with van der Waals surface area (Å²) in [5.74, 6) is 0.151. The lowest BCUT2D eigenvalue weighted by Crippen LogP contribution is -2.08. The fourth-order valence-corrected chi connectivity index (χ4v) is 2.13. The van der Waals surface area contributed by atoms with E-state index in [1.165, 1.54) is 0 Å². The largest absolute Gasteiger partial charge is 0.289 e. The number of hydrogen-bond donors (Lipinski definition) is 1. The Hall–Kier alpha value is -1.61. The summed E-state index contributed by atoms with van der Waals surface area (Å²) in [6, 6.07) is 7.78. The highest BCUT2D eigenvalue weighted by atomic mass is 16.7. The van der Waals surface area contributed by atoms with Gasteiger partial charge in [0.05, 0.1) is 6.61 Å². The summed E-state index contributed by atoms with van der Waals surface area (Å²) in [5, 5.41) is 0. The number of rotatable bonds is 0. The molecule has 1 aliphatic heterocycles. The van der Waals surface area contributed by atoms with Gasteiger partial charge >= 0.3 is 0 Å². The Morgan fingerprint density at radius 3 is 2.87 bits per heavy atom. The van der Waals surface area contributed by atoms with E-state index in [0.29, 0.717) is 6.61 Å². The Balaban J connectivity index is 2.06. The zero-order valence-corrected chi connectivity index (χ0v) is 8.25. The second-order valence-electron chi connectivity index (χ2n) is 3.82. The third-order valence-corrected chi connectivity index (χ3v) is 2.92. The van der Waals surface area contributed by atoms with Crippen molar-refractivity contribution in [2.24, 2.45) is 0 Å². The van der Waals surface area contributed by atoms with Crippen LogP contribution in [0.5, 0.6) is 0 Å². The van der Waals surface area contributed by atoms with Crippen LogP contribution in [0.1, 0.15) is 22.3 Å². The minimum Gasteiger partial charge on any atom is -0.289 e. The van der Waals surface area contributed by atoms with Crippen LogP contribution < -0.4 is 5.48 Å². The molecule has 0 atom stereocenters. The highest BCUT2D eigenvalue weighted by Gasteiger charge is 2.28. The quantitative estimate of drug-likeness (QED) is 0.648.